The van der Waals surface area contributed by atoms with Gasteiger partial charge in [0.15, 0.2) is 29.3 Å². The molecule has 4 rings (SSSR count). The number of anilines is 1. The van der Waals surface area contributed by atoms with E-state index < -0.39 is 30.4 Å². The highest BCUT2D eigenvalue weighted by Gasteiger charge is 2.46. The number of carbonyl (C=O) groups is 1. The normalized spacial score (nSPS) is 22.3. The molecular weight excluding hydrogens is 430 g/mol. The van der Waals surface area contributed by atoms with Crippen LogP contribution in [0.2, 0.25) is 0 Å². The quantitative estimate of drug-likeness (QED) is 0.358. The van der Waals surface area contributed by atoms with Crippen LogP contribution >= 0.6 is 0 Å². The molecule has 3 aromatic rings. The van der Waals surface area contributed by atoms with Crippen LogP contribution in [0.15, 0.2) is 30.9 Å². The van der Waals surface area contributed by atoms with Gasteiger partial charge in [-0.3, -0.25) is 9.36 Å². The lowest BCUT2D eigenvalue weighted by molar-refractivity contribution is -0.134. The van der Waals surface area contributed by atoms with Crippen molar-refractivity contribution in [1.29, 1.82) is 0 Å². The van der Waals surface area contributed by atoms with Crippen molar-refractivity contribution in [2.24, 2.45) is 5.73 Å². The minimum atomic E-state index is -1.11. The number of nitrogens with two attached hydrogens (primary N) is 1. The first-order chi connectivity index (χ1) is 16.0. The standard InChI is InChI=1S/C21H27N7O5/c1-23-20(30)17-14(22)16(29)21(33-17)28-10-27-15-18(25-9-26-19(15)28)24-7-6-11-8-12(31-2)4-5-13(11)32-3/h4-5,8-10,14,16-17,21,29H,6-7,22H2,1-3H3,(H,23,30)(H,24,25,26)/t14-,16+,17-,21+/m0/s1. The van der Waals surface area contributed by atoms with Gasteiger partial charge in [-0.2, -0.15) is 0 Å². The molecule has 1 saturated heterocycles. The van der Waals surface area contributed by atoms with Gasteiger partial charge in [0.2, 0.25) is 0 Å². The van der Waals surface area contributed by atoms with Gasteiger partial charge in [0.05, 0.1) is 26.6 Å². The molecule has 33 heavy (non-hydrogen) atoms. The molecule has 1 fully saturated rings. The lowest BCUT2D eigenvalue weighted by Gasteiger charge is -2.16. The number of hydrogen-bond donors (Lipinski definition) is 4. The second-order valence-electron chi connectivity index (χ2n) is 7.53. The smallest absolute Gasteiger partial charge is 0.250 e. The van der Waals surface area contributed by atoms with E-state index in [0.29, 0.717) is 29.9 Å². The van der Waals surface area contributed by atoms with Gasteiger partial charge in [0.1, 0.15) is 23.9 Å². The Morgan fingerprint density at radius 1 is 1.27 bits per heavy atom. The van der Waals surface area contributed by atoms with Gasteiger partial charge >= 0.3 is 0 Å². The lowest BCUT2D eigenvalue weighted by atomic mass is 10.1. The molecule has 4 atom stereocenters. The molecule has 0 spiro atoms. The van der Waals surface area contributed by atoms with E-state index in [-0.39, 0.29) is 0 Å². The Morgan fingerprint density at radius 3 is 2.82 bits per heavy atom. The summed E-state index contributed by atoms with van der Waals surface area (Å²) in [5.74, 6) is 1.64. The maximum atomic E-state index is 12.0. The topological polar surface area (TPSA) is 159 Å². The number of benzene rings is 1. The third-order valence-corrected chi connectivity index (χ3v) is 5.63. The first-order valence-corrected chi connectivity index (χ1v) is 10.4. The molecule has 12 heteroatoms. The van der Waals surface area contributed by atoms with Crippen LogP contribution in [0.1, 0.15) is 11.8 Å². The Morgan fingerprint density at radius 2 is 2.09 bits per heavy atom. The Kier molecular flexibility index (Phi) is 6.58. The highest BCUT2D eigenvalue weighted by Crippen LogP contribution is 2.31. The van der Waals surface area contributed by atoms with E-state index in [9.17, 15) is 9.90 Å². The monoisotopic (exact) mass is 457 g/mol. The molecule has 1 aliphatic heterocycles. The molecule has 0 saturated carbocycles. The van der Waals surface area contributed by atoms with E-state index >= 15 is 0 Å². The van der Waals surface area contributed by atoms with Crippen molar-refractivity contribution in [3.05, 3.63) is 36.4 Å². The van der Waals surface area contributed by atoms with Gasteiger partial charge < -0.3 is 35.7 Å². The van der Waals surface area contributed by atoms with Crippen LogP contribution in [0, 0.1) is 0 Å². The summed E-state index contributed by atoms with van der Waals surface area (Å²) in [6.45, 7) is 0.550. The second-order valence-corrected chi connectivity index (χ2v) is 7.53. The largest absolute Gasteiger partial charge is 0.497 e. The zero-order chi connectivity index (χ0) is 23.5. The molecular formula is C21H27N7O5. The summed E-state index contributed by atoms with van der Waals surface area (Å²) in [6.07, 6.45) is 0.534. The van der Waals surface area contributed by atoms with Crippen LogP contribution in [0.3, 0.4) is 0 Å². The van der Waals surface area contributed by atoms with Gasteiger partial charge in [0, 0.05) is 13.6 Å². The van der Waals surface area contributed by atoms with Gasteiger partial charge in [-0.15, -0.1) is 0 Å². The summed E-state index contributed by atoms with van der Waals surface area (Å²) in [5, 5.41) is 16.3. The predicted octanol–water partition coefficient (Wildman–Crippen LogP) is -0.170. The number of likely N-dealkylation sites (N-methyl/N-ethyl adjacent to an activating group) is 1. The van der Waals surface area contributed by atoms with Gasteiger partial charge in [0.25, 0.3) is 5.91 Å². The molecule has 176 valence electrons. The second kappa shape index (κ2) is 9.57. The number of amides is 1. The van der Waals surface area contributed by atoms with E-state index in [2.05, 4.69) is 25.6 Å². The number of nitrogens with one attached hydrogen (secondary N) is 2. The predicted molar refractivity (Wildman–Crippen MR) is 119 cm³/mol. The molecule has 12 nitrogen and oxygen atoms in total. The number of nitrogens with zero attached hydrogens (tertiary/aromatic N) is 4. The summed E-state index contributed by atoms with van der Waals surface area (Å²) < 4.78 is 18.0. The fourth-order valence-electron chi connectivity index (χ4n) is 3.86. The van der Waals surface area contributed by atoms with Crippen molar-refractivity contribution in [2.45, 2.75) is 30.9 Å². The molecule has 1 aromatic carbocycles. The van der Waals surface area contributed by atoms with Crippen LogP contribution < -0.4 is 25.8 Å². The Hall–Kier alpha value is -3.48. The average molecular weight is 457 g/mol. The molecule has 1 amide bonds. The Bertz CT molecular complexity index is 1140. The SMILES string of the molecule is CNC(=O)[C@H]1O[C@@H](n2cnc3c(NCCc4cc(OC)ccc4OC)ncnc32)[C@H](O)[C@@H]1N. The summed E-state index contributed by atoms with van der Waals surface area (Å²) in [4.78, 5) is 25.0. The number of hydrogen-bond acceptors (Lipinski definition) is 10. The summed E-state index contributed by atoms with van der Waals surface area (Å²) in [6, 6.07) is 4.75. The highest BCUT2D eigenvalue weighted by atomic mass is 16.5. The van der Waals surface area contributed by atoms with E-state index in [4.69, 9.17) is 19.9 Å². The summed E-state index contributed by atoms with van der Waals surface area (Å²) in [7, 11) is 4.73. The van der Waals surface area contributed by atoms with E-state index in [1.807, 2.05) is 18.2 Å². The number of aliphatic hydroxyl groups excluding tert-OH is 1. The molecule has 2 aromatic heterocycles. The minimum absolute atomic E-state index is 0.404. The van der Waals surface area contributed by atoms with Gasteiger partial charge in [-0.25, -0.2) is 15.0 Å². The Labute approximate surface area is 190 Å². The summed E-state index contributed by atoms with van der Waals surface area (Å²) in [5.41, 5.74) is 7.93. The number of ether oxygens (including phenoxy) is 3. The number of methoxy groups -OCH3 is 2. The van der Waals surface area contributed by atoms with Crippen LogP contribution in [0.25, 0.3) is 11.2 Å². The maximum Gasteiger partial charge on any atom is 0.250 e. The highest BCUT2D eigenvalue weighted by molar-refractivity contribution is 5.83. The molecule has 0 aliphatic carbocycles. The van der Waals surface area contributed by atoms with Gasteiger partial charge in [-0.05, 0) is 30.2 Å². The number of rotatable bonds is 8. The molecule has 3 heterocycles. The number of aromatic nitrogens is 4. The van der Waals surface area contributed by atoms with Crippen molar-refractivity contribution in [2.75, 3.05) is 33.1 Å². The van der Waals surface area contributed by atoms with Crippen LogP contribution in [-0.2, 0) is 16.0 Å². The van der Waals surface area contributed by atoms with Crippen molar-refractivity contribution < 1.29 is 24.1 Å². The van der Waals surface area contributed by atoms with Crippen molar-refractivity contribution in [1.82, 2.24) is 24.8 Å². The zero-order valence-corrected chi connectivity index (χ0v) is 18.6. The number of aliphatic hydroxyl groups is 1. The fraction of sp³-hybridized carbons (Fsp3) is 0.429. The average Bonchev–Trinajstić information content (AvgIpc) is 3.40. The van der Waals surface area contributed by atoms with E-state index in [1.54, 1.807) is 18.8 Å². The zero-order valence-electron chi connectivity index (χ0n) is 18.6. The summed E-state index contributed by atoms with van der Waals surface area (Å²) >= 11 is 0. The molecule has 5 N–H and O–H groups in total. The Balaban J connectivity index is 1.52. The van der Waals surface area contributed by atoms with Crippen LogP contribution in [-0.4, -0.2) is 76.6 Å². The molecule has 0 radical (unpaired) electrons. The third kappa shape index (κ3) is 4.27. The third-order valence-electron chi connectivity index (χ3n) is 5.63. The maximum absolute atomic E-state index is 12.0. The first-order valence-electron chi connectivity index (χ1n) is 10.4. The fourth-order valence-corrected chi connectivity index (χ4v) is 3.86. The number of imidazole rings is 1. The number of carbonyl (C=O) groups excluding carboxylic acids is 1. The van der Waals surface area contributed by atoms with E-state index in [0.717, 1.165) is 17.1 Å². The molecule has 0 bridgehead atoms. The van der Waals surface area contributed by atoms with Crippen LogP contribution in [0.5, 0.6) is 11.5 Å². The van der Waals surface area contributed by atoms with Crippen molar-refractivity contribution >= 4 is 22.9 Å². The van der Waals surface area contributed by atoms with Crippen molar-refractivity contribution in [3.8, 4) is 11.5 Å². The minimum Gasteiger partial charge on any atom is -0.497 e. The van der Waals surface area contributed by atoms with E-state index in [1.165, 1.54) is 19.7 Å². The first kappa shape index (κ1) is 22.7. The lowest BCUT2D eigenvalue weighted by Crippen LogP contribution is -2.46. The molecule has 0 unspecified atom stereocenters. The number of fused-ring (bicyclic) bond motifs is 1. The van der Waals surface area contributed by atoms with Crippen molar-refractivity contribution in [3.63, 3.8) is 0 Å². The molecule has 1 aliphatic rings. The van der Waals surface area contributed by atoms with Crippen LogP contribution in [0.4, 0.5) is 5.82 Å². The van der Waals surface area contributed by atoms with Gasteiger partial charge in [-0.1, -0.05) is 0 Å².